The Kier molecular flexibility index (Phi) is 5.80. The predicted octanol–water partition coefficient (Wildman–Crippen LogP) is 3.78. The van der Waals surface area contributed by atoms with E-state index in [2.05, 4.69) is 11.8 Å². The normalized spacial score (nSPS) is 17.8. The molecule has 2 nitrogen and oxygen atoms in total. The fraction of sp³-hybridized carbons (Fsp3) is 0.625. The van der Waals surface area contributed by atoms with Crippen molar-refractivity contribution in [3.8, 4) is 0 Å². The summed E-state index contributed by atoms with van der Waals surface area (Å²) in [5.74, 6) is 0.429. The highest BCUT2D eigenvalue weighted by atomic mass is 19.1. The fourth-order valence-electron chi connectivity index (χ4n) is 2.57. The van der Waals surface area contributed by atoms with Crippen LogP contribution in [0.25, 0.3) is 0 Å². The summed E-state index contributed by atoms with van der Waals surface area (Å²) >= 11 is 0. The standard InChI is InChI=1S/C16H24FNO/c1-2-3-12-19-13-18-10-8-15(9-11-18)14-4-6-16(17)7-5-14/h4-7,15H,2-3,8-13H2,1H3. The largest absolute Gasteiger partial charge is 0.366 e. The predicted molar refractivity (Wildman–Crippen MR) is 75.7 cm³/mol. The minimum Gasteiger partial charge on any atom is -0.366 e. The molecule has 0 spiro atoms. The zero-order valence-electron chi connectivity index (χ0n) is 11.8. The third-order valence-corrected chi connectivity index (χ3v) is 3.85. The second-order valence-electron chi connectivity index (χ2n) is 5.33. The summed E-state index contributed by atoms with van der Waals surface area (Å²) in [6.07, 6.45) is 4.62. The SMILES string of the molecule is CCCCOCN1CCC(c2ccc(F)cc2)CC1. The summed E-state index contributed by atoms with van der Waals surface area (Å²) < 4.78 is 18.5. The van der Waals surface area contributed by atoms with Gasteiger partial charge in [0.1, 0.15) is 5.82 Å². The molecule has 1 aromatic carbocycles. The van der Waals surface area contributed by atoms with E-state index in [9.17, 15) is 4.39 Å². The van der Waals surface area contributed by atoms with Gasteiger partial charge in [0.2, 0.25) is 0 Å². The van der Waals surface area contributed by atoms with Gasteiger partial charge in [-0.2, -0.15) is 0 Å². The summed E-state index contributed by atoms with van der Waals surface area (Å²) in [6, 6.07) is 6.98. The van der Waals surface area contributed by atoms with Gasteiger partial charge >= 0.3 is 0 Å². The number of rotatable bonds is 6. The lowest BCUT2D eigenvalue weighted by molar-refractivity contribution is 0.0150. The average Bonchev–Trinajstić information content (AvgIpc) is 2.45. The molecule has 0 bridgehead atoms. The first-order valence-electron chi connectivity index (χ1n) is 7.35. The number of halogens is 1. The highest BCUT2D eigenvalue weighted by molar-refractivity contribution is 5.20. The van der Waals surface area contributed by atoms with E-state index in [4.69, 9.17) is 4.74 Å². The van der Waals surface area contributed by atoms with E-state index in [0.717, 1.165) is 45.7 Å². The monoisotopic (exact) mass is 265 g/mol. The second-order valence-corrected chi connectivity index (χ2v) is 5.33. The third-order valence-electron chi connectivity index (χ3n) is 3.85. The summed E-state index contributed by atoms with van der Waals surface area (Å²) in [4.78, 5) is 2.37. The quantitative estimate of drug-likeness (QED) is 0.726. The topological polar surface area (TPSA) is 12.5 Å². The first kappa shape index (κ1) is 14.5. The molecule has 0 saturated carbocycles. The molecule has 1 fully saturated rings. The summed E-state index contributed by atoms with van der Waals surface area (Å²) in [5, 5.41) is 0. The van der Waals surface area contributed by atoms with Crippen LogP contribution in [-0.4, -0.2) is 31.3 Å². The van der Waals surface area contributed by atoms with Gasteiger partial charge in [0.15, 0.2) is 0 Å². The Bertz CT molecular complexity index is 358. The van der Waals surface area contributed by atoms with Gasteiger partial charge in [-0.05, 0) is 42.9 Å². The summed E-state index contributed by atoms with van der Waals surface area (Å²) in [5.41, 5.74) is 1.27. The highest BCUT2D eigenvalue weighted by Gasteiger charge is 2.20. The van der Waals surface area contributed by atoms with Crippen LogP contribution in [0.2, 0.25) is 0 Å². The van der Waals surface area contributed by atoms with E-state index in [-0.39, 0.29) is 5.82 Å². The van der Waals surface area contributed by atoms with Gasteiger partial charge in [-0.1, -0.05) is 25.5 Å². The van der Waals surface area contributed by atoms with Crippen LogP contribution < -0.4 is 0 Å². The Morgan fingerprint density at radius 3 is 2.53 bits per heavy atom. The Balaban J connectivity index is 1.71. The van der Waals surface area contributed by atoms with E-state index in [1.807, 2.05) is 12.1 Å². The van der Waals surface area contributed by atoms with Crippen LogP contribution in [0.1, 0.15) is 44.1 Å². The van der Waals surface area contributed by atoms with E-state index in [0.29, 0.717) is 5.92 Å². The molecule has 1 aliphatic rings. The molecule has 0 aromatic heterocycles. The minimum absolute atomic E-state index is 0.148. The van der Waals surface area contributed by atoms with E-state index in [1.54, 1.807) is 12.1 Å². The van der Waals surface area contributed by atoms with Gasteiger partial charge < -0.3 is 4.74 Å². The molecule has 1 aromatic rings. The van der Waals surface area contributed by atoms with E-state index in [1.165, 1.54) is 12.0 Å². The van der Waals surface area contributed by atoms with Crippen LogP contribution in [0, 0.1) is 5.82 Å². The average molecular weight is 265 g/mol. The van der Waals surface area contributed by atoms with Gasteiger partial charge in [0.25, 0.3) is 0 Å². The zero-order chi connectivity index (χ0) is 13.5. The maximum absolute atomic E-state index is 12.9. The second kappa shape index (κ2) is 7.61. The lowest BCUT2D eigenvalue weighted by atomic mass is 9.90. The van der Waals surface area contributed by atoms with E-state index < -0.39 is 0 Å². The van der Waals surface area contributed by atoms with Crippen molar-refractivity contribution >= 4 is 0 Å². The number of benzene rings is 1. The third kappa shape index (κ3) is 4.59. The zero-order valence-corrected chi connectivity index (χ0v) is 11.8. The van der Waals surface area contributed by atoms with Crippen molar-refractivity contribution in [1.82, 2.24) is 4.90 Å². The number of piperidine rings is 1. The van der Waals surface area contributed by atoms with Crippen molar-refractivity contribution in [3.63, 3.8) is 0 Å². The Labute approximate surface area is 115 Å². The van der Waals surface area contributed by atoms with Crippen molar-refractivity contribution in [1.29, 1.82) is 0 Å². The number of hydrogen-bond donors (Lipinski definition) is 0. The summed E-state index contributed by atoms with van der Waals surface area (Å²) in [7, 11) is 0. The minimum atomic E-state index is -0.148. The maximum atomic E-state index is 12.9. The number of unbranched alkanes of at least 4 members (excludes halogenated alkanes) is 1. The Morgan fingerprint density at radius 2 is 1.89 bits per heavy atom. The molecule has 0 amide bonds. The molecule has 0 radical (unpaired) electrons. The molecule has 0 N–H and O–H groups in total. The van der Waals surface area contributed by atoms with Crippen molar-refractivity contribution < 1.29 is 9.13 Å². The van der Waals surface area contributed by atoms with Crippen LogP contribution >= 0.6 is 0 Å². The van der Waals surface area contributed by atoms with Gasteiger partial charge in [-0.3, -0.25) is 4.90 Å². The maximum Gasteiger partial charge on any atom is 0.123 e. The van der Waals surface area contributed by atoms with Crippen molar-refractivity contribution in [2.45, 2.75) is 38.5 Å². The van der Waals surface area contributed by atoms with Gasteiger partial charge in [0.05, 0.1) is 6.73 Å². The lowest BCUT2D eigenvalue weighted by Gasteiger charge is -2.31. The number of nitrogens with zero attached hydrogens (tertiary/aromatic N) is 1. The van der Waals surface area contributed by atoms with Crippen molar-refractivity contribution in [2.24, 2.45) is 0 Å². The fourth-order valence-corrected chi connectivity index (χ4v) is 2.57. The Hall–Kier alpha value is -0.930. The molecule has 1 heterocycles. The van der Waals surface area contributed by atoms with Gasteiger partial charge in [0, 0.05) is 19.7 Å². The molecule has 1 saturated heterocycles. The molecule has 106 valence electrons. The molecule has 3 heteroatoms. The van der Waals surface area contributed by atoms with Crippen LogP contribution in [0.4, 0.5) is 4.39 Å². The van der Waals surface area contributed by atoms with Gasteiger partial charge in [-0.15, -0.1) is 0 Å². The van der Waals surface area contributed by atoms with Crippen molar-refractivity contribution in [3.05, 3.63) is 35.6 Å². The number of likely N-dealkylation sites (tertiary alicyclic amines) is 1. The smallest absolute Gasteiger partial charge is 0.123 e. The molecule has 2 rings (SSSR count). The number of hydrogen-bond acceptors (Lipinski definition) is 2. The Morgan fingerprint density at radius 1 is 1.21 bits per heavy atom. The molecular weight excluding hydrogens is 241 g/mol. The van der Waals surface area contributed by atoms with E-state index >= 15 is 0 Å². The molecular formula is C16H24FNO. The molecule has 0 unspecified atom stereocenters. The van der Waals surface area contributed by atoms with Crippen LogP contribution in [-0.2, 0) is 4.74 Å². The van der Waals surface area contributed by atoms with Crippen LogP contribution in [0.15, 0.2) is 24.3 Å². The first-order valence-corrected chi connectivity index (χ1v) is 7.35. The summed E-state index contributed by atoms with van der Waals surface area (Å²) in [6.45, 7) is 5.96. The molecule has 0 aliphatic carbocycles. The van der Waals surface area contributed by atoms with Crippen molar-refractivity contribution in [2.75, 3.05) is 26.4 Å². The van der Waals surface area contributed by atoms with Gasteiger partial charge in [-0.25, -0.2) is 4.39 Å². The number of ether oxygens (including phenoxy) is 1. The molecule has 19 heavy (non-hydrogen) atoms. The lowest BCUT2D eigenvalue weighted by Crippen LogP contribution is -2.34. The highest BCUT2D eigenvalue weighted by Crippen LogP contribution is 2.27. The van der Waals surface area contributed by atoms with Crippen LogP contribution in [0.5, 0.6) is 0 Å². The first-order chi connectivity index (χ1) is 9.29. The van der Waals surface area contributed by atoms with Crippen LogP contribution in [0.3, 0.4) is 0 Å². The molecule has 1 aliphatic heterocycles. The molecule has 0 atom stereocenters.